The van der Waals surface area contributed by atoms with Crippen molar-refractivity contribution >= 4 is 41.0 Å². The number of carbonyl (C=O) groups excluding carboxylic acids is 4. The number of anilines is 1. The number of nitrogens with one attached hydrogen (secondary N) is 1. The fourth-order valence-corrected chi connectivity index (χ4v) is 8.32. The summed E-state index contributed by atoms with van der Waals surface area (Å²) >= 11 is 6.76. The molecule has 260 valence electrons. The SMILES string of the molecule is Cc1cccc(Cl)c1N1C/C=C\CCC(=O)N[C@@H](C)[C@H](c2ccccc2)OC(=O)[C@@H]2[C@H]3C(=O)N([C@@H](CO)CC(C)C)[C@H](C1=O)[C@]31C=C[C@H]2O1. The van der Waals surface area contributed by atoms with E-state index in [9.17, 15) is 19.5 Å². The minimum absolute atomic E-state index is 0.0888. The summed E-state index contributed by atoms with van der Waals surface area (Å²) in [6, 6.07) is 12.0. The molecule has 0 saturated carbocycles. The quantitative estimate of drug-likeness (QED) is 0.334. The molecule has 0 unspecified atom stereocenters. The minimum atomic E-state index is -1.49. The number of rotatable bonds is 6. The average Bonchev–Trinajstić information content (AvgIpc) is 3.71. The number of halogens is 1. The first-order valence-electron chi connectivity index (χ1n) is 17.0. The number of hydrogen-bond acceptors (Lipinski definition) is 7. The predicted molar refractivity (Wildman–Crippen MR) is 184 cm³/mol. The molecule has 0 aromatic heterocycles. The molecule has 5 bridgehead atoms. The summed E-state index contributed by atoms with van der Waals surface area (Å²) in [7, 11) is 0. The van der Waals surface area contributed by atoms with E-state index >= 15 is 4.79 Å². The van der Waals surface area contributed by atoms with Gasteiger partial charge in [0.1, 0.15) is 23.7 Å². The third-order valence-electron chi connectivity index (χ3n) is 10.1. The molecule has 4 aliphatic rings. The van der Waals surface area contributed by atoms with E-state index < -0.39 is 65.6 Å². The predicted octanol–water partition coefficient (Wildman–Crippen LogP) is 4.68. The van der Waals surface area contributed by atoms with Gasteiger partial charge >= 0.3 is 5.97 Å². The maximum absolute atomic E-state index is 15.2. The van der Waals surface area contributed by atoms with E-state index in [0.717, 1.165) is 5.56 Å². The van der Waals surface area contributed by atoms with Gasteiger partial charge in [-0.2, -0.15) is 0 Å². The van der Waals surface area contributed by atoms with Crippen LogP contribution in [0, 0.1) is 24.7 Å². The minimum Gasteiger partial charge on any atom is -0.455 e. The van der Waals surface area contributed by atoms with Crippen molar-refractivity contribution in [1.29, 1.82) is 0 Å². The van der Waals surface area contributed by atoms with Gasteiger partial charge in [0.25, 0.3) is 5.91 Å². The molecule has 6 rings (SSSR count). The average molecular weight is 690 g/mol. The summed E-state index contributed by atoms with van der Waals surface area (Å²) in [4.78, 5) is 60.3. The third kappa shape index (κ3) is 6.30. The number of likely N-dealkylation sites (tertiary alicyclic amines) is 1. The zero-order valence-corrected chi connectivity index (χ0v) is 29.0. The number of nitrogens with zero attached hydrogens (tertiary/aromatic N) is 2. The molecule has 2 saturated heterocycles. The molecular formula is C38H44ClN3O7. The van der Waals surface area contributed by atoms with Crippen LogP contribution in [-0.4, -0.2) is 76.7 Å². The number of fused-ring (bicyclic) bond motifs is 2. The molecule has 49 heavy (non-hydrogen) atoms. The van der Waals surface area contributed by atoms with Crippen molar-refractivity contribution < 1.29 is 33.8 Å². The highest BCUT2D eigenvalue weighted by Gasteiger charge is 2.74. The number of aliphatic hydroxyl groups is 1. The first kappa shape index (κ1) is 34.9. The molecule has 2 fully saturated rings. The van der Waals surface area contributed by atoms with E-state index in [1.807, 2.05) is 69.3 Å². The molecule has 0 aliphatic carbocycles. The number of para-hydroxylation sites is 1. The van der Waals surface area contributed by atoms with Crippen molar-refractivity contribution in [2.24, 2.45) is 17.8 Å². The summed E-state index contributed by atoms with van der Waals surface area (Å²) in [5.41, 5.74) is 0.435. The van der Waals surface area contributed by atoms with Gasteiger partial charge in [-0.25, -0.2) is 0 Å². The zero-order valence-electron chi connectivity index (χ0n) is 28.3. The molecule has 0 radical (unpaired) electrons. The molecule has 10 nitrogen and oxygen atoms in total. The van der Waals surface area contributed by atoms with E-state index in [-0.39, 0.29) is 31.4 Å². The molecule has 2 aromatic carbocycles. The van der Waals surface area contributed by atoms with Gasteiger partial charge in [0, 0.05) is 13.0 Å². The Balaban J connectivity index is 1.50. The molecule has 11 heteroatoms. The fourth-order valence-electron chi connectivity index (χ4n) is 7.99. The topological polar surface area (TPSA) is 125 Å². The maximum Gasteiger partial charge on any atom is 0.313 e. The number of cyclic esters (lactones) is 1. The van der Waals surface area contributed by atoms with Gasteiger partial charge in [0.2, 0.25) is 11.8 Å². The van der Waals surface area contributed by atoms with Crippen LogP contribution in [0.3, 0.4) is 0 Å². The number of carbonyl (C=O) groups is 4. The standard InChI is InChI=1S/C38H44ClN3O7/c1-22(2)20-26(21-43)42-34-36(46)41(32-23(3)12-11-15-27(32)39)19-10-6-9-16-29(44)40-24(4)33(25-13-7-5-8-14-25)48-37(47)30-28-17-18-38(34,49-28)31(30)35(42)45/h5-8,10-15,17-18,22,24,26,28,30-31,33-34,43H,9,16,19-21H2,1-4H3,(H,40,44)/b10-6-/t24-,26+,28+,30-,31-,33+,34+,38-/m0/s1. The summed E-state index contributed by atoms with van der Waals surface area (Å²) in [5, 5.41) is 14.0. The summed E-state index contributed by atoms with van der Waals surface area (Å²) in [6.07, 6.45) is 6.47. The Morgan fingerprint density at radius 3 is 2.49 bits per heavy atom. The first-order chi connectivity index (χ1) is 23.5. The Kier molecular flexibility index (Phi) is 10.0. The molecular weight excluding hydrogens is 646 g/mol. The number of aliphatic hydroxyl groups excluding tert-OH is 1. The molecule has 3 amide bonds. The van der Waals surface area contributed by atoms with E-state index in [4.69, 9.17) is 21.1 Å². The fraction of sp³-hybridized carbons (Fsp3) is 0.474. The Morgan fingerprint density at radius 2 is 1.80 bits per heavy atom. The van der Waals surface area contributed by atoms with Gasteiger partial charge < -0.3 is 29.7 Å². The molecule has 4 heterocycles. The van der Waals surface area contributed by atoms with Crippen LogP contribution < -0.4 is 10.2 Å². The lowest BCUT2D eigenvalue weighted by atomic mass is 9.74. The largest absolute Gasteiger partial charge is 0.455 e. The van der Waals surface area contributed by atoms with Gasteiger partial charge in [-0.15, -0.1) is 0 Å². The number of hydrogen-bond donors (Lipinski definition) is 2. The highest BCUT2D eigenvalue weighted by Crippen LogP contribution is 2.57. The smallest absolute Gasteiger partial charge is 0.313 e. The van der Waals surface area contributed by atoms with Crippen molar-refractivity contribution in [3.63, 3.8) is 0 Å². The van der Waals surface area contributed by atoms with Gasteiger partial charge in [-0.3, -0.25) is 19.2 Å². The third-order valence-corrected chi connectivity index (χ3v) is 10.4. The lowest BCUT2D eigenvalue weighted by Gasteiger charge is -2.39. The van der Waals surface area contributed by atoms with Crippen molar-refractivity contribution in [2.75, 3.05) is 18.1 Å². The number of benzene rings is 2. The zero-order chi connectivity index (χ0) is 35.0. The van der Waals surface area contributed by atoms with Gasteiger partial charge in [-0.05, 0) is 49.8 Å². The van der Waals surface area contributed by atoms with Gasteiger partial charge in [0.15, 0.2) is 0 Å². The lowest BCUT2D eigenvalue weighted by molar-refractivity contribution is -0.161. The number of allylic oxidation sites excluding steroid dienone is 1. The number of aryl methyl sites for hydroxylation is 1. The Labute approximate surface area is 292 Å². The first-order valence-corrected chi connectivity index (χ1v) is 17.4. The van der Waals surface area contributed by atoms with Crippen LogP contribution >= 0.6 is 11.6 Å². The van der Waals surface area contributed by atoms with E-state index in [1.54, 1.807) is 36.1 Å². The van der Waals surface area contributed by atoms with E-state index in [0.29, 0.717) is 29.1 Å². The monoisotopic (exact) mass is 689 g/mol. The normalized spacial score (nSPS) is 31.6. The van der Waals surface area contributed by atoms with Crippen LogP contribution in [0.25, 0.3) is 0 Å². The van der Waals surface area contributed by atoms with E-state index in [1.165, 1.54) is 4.90 Å². The Hall–Kier alpha value is -3.99. The van der Waals surface area contributed by atoms with Crippen molar-refractivity contribution in [1.82, 2.24) is 10.2 Å². The van der Waals surface area contributed by atoms with Crippen LogP contribution in [0.1, 0.15) is 57.3 Å². The van der Waals surface area contributed by atoms with Gasteiger partial charge in [-0.1, -0.05) is 92.2 Å². The number of amides is 3. The lowest BCUT2D eigenvalue weighted by Crippen LogP contribution is -2.59. The second-order valence-electron chi connectivity index (χ2n) is 13.9. The highest BCUT2D eigenvalue weighted by molar-refractivity contribution is 6.34. The van der Waals surface area contributed by atoms with Crippen molar-refractivity contribution in [3.8, 4) is 0 Å². The molecule has 2 N–H and O–H groups in total. The molecule has 8 atom stereocenters. The van der Waals surface area contributed by atoms with Crippen LogP contribution in [0.4, 0.5) is 5.69 Å². The maximum atomic E-state index is 15.2. The van der Waals surface area contributed by atoms with Crippen LogP contribution in [-0.2, 0) is 28.7 Å². The Bertz CT molecular complexity index is 1640. The summed E-state index contributed by atoms with van der Waals surface area (Å²) in [6.45, 7) is 7.33. The number of esters is 1. The van der Waals surface area contributed by atoms with Crippen LogP contribution in [0.15, 0.2) is 72.8 Å². The molecule has 2 aromatic rings. The molecule has 4 aliphatic heterocycles. The summed E-state index contributed by atoms with van der Waals surface area (Å²) in [5.74, 6) is -3.82. The van der Waals surface area contributed by atoms with E-state index in [2.05, 4.69) is 5.32 Å². The Morgan fingerprint density at radius 1 is 1.04 bits per heavy atom. The second kappa shape index (κ2) is 14.1. The van der Waals surface area contributed by atoms with Gasteiger partial charge in [0.05, 0.1) is 41.4 Å². The van der Waals surface area contributed by atoms with Crippen LogP contribution in [0.2, 0.25) is 5.02 Å². The van der Waals surface area contributed by atoms with Crippen LogP contribution in [0.5, 0.6) is 0 Å². The highest BCUT2D eigenvalue weighted by atomic mass is 35.5. The number of ether oxygens (including phenoxy) is 2. The second-order valence-corrected chi connectivity index (χ2v) is 14.3. The molecule has 1 spiro atoms. The van der Waals surface area contributed by atoms with Crippen molar-refractivity contribution in [2.45, 2.75) is 82.9 Å². The summed E-state index contributed by atoms with van der Waals surface area (Å²) < 4.78 is 12.8. The van der Waals surface area contributed by atoms with Crippen molar-refractivity contribution in [3.05, 3.63) is 89.0 Å².